The number of aromatic nitrogens is 4. The van der Waals surface area contributed by atoms with Crippen molar-refractivity contribution in [2.75, 3.05) is 17.7 Å². The Morgan fingerprint density at radius 3 is 2.76 bits per heavy atom. The molecule has 0 bridgehead atoms. The van der Waals surface area contributed by atoms with Crippen LogP contribution in [0.15, 0.2) is 42.7 Å². The largest absolute Gasteiger partial charge is 0.493 e. The third kappa shape index (κ3) is 3.98. The molecular formula is C21H23N5O2S. The van der Waals surface area contributed by atoms with Crippen LogP contribution in [-0.2, 0) is 4.79 Å². The first-order chi connectivity index (χ1) is 14.0. The number of carbonyl (C=O) groups is 1. The van der Waals surface area contributed by atoms with Crippen LogP contribution in [0.3, 0.4) is 0 Å². The van der Waals surface area contributed by atoms with E-state index in [4.69, 9.17) is 4.74 Å². The molecule has 4 rings (SSSR count). The van der Waals surface area contributed by atoms with Crippen molar-refractivity contribution < 1.29 is 9.53 Å². The third-order valence-corrected chi connectivity index (χ3v) is 5.77. The van der Waals surface area contributed by atoms with Gasteiger partial charge in [-0.3, -0.25) is 4.79 Å². The van der Waals surface area contributed by atoms with E-state index in [1.54, 1.807) is 34.9 Å². The molecule has 7 nitrogen and oxygen atoms in total. The Morgan fingerprint density at radius 1 is 1.24 bits per heavy atom. The normalized spacial score (nSPS) is 16.3. The van der Waals surface area contributed by atoms with E-state index in [0.717, 1.165) is 22.6 Å². The number of anilines is 1. The number of hydrogen-bond acceptors (Lipinski definition) is 6. The molecule has 1 N–H and O–H groups in total. The van der Waals surface area contributed by atoms with E-state index in [-0.39, 0.29) is 11.2 Å². The van der Waals surface area contributed by atoms with E-state index in [9.17, 15) is 4.79 Å². The zero-order chi connectivity index (χ0) is 20.4. The van der Waals surface area contributed by atoms with Crippen molar-refractivity contribution in [3.05, 3.63) is 59.5 Å². The average Bonchev–Trinajstić information content (AvgIpc) is 2.93. The lowest BCUT2D eigenvalue weighted by Crippen LogP contribution is -2.16. The summed E-state index contributed by atoms with van der Waals surface area (Å²) in [6, 6.07) is 9.76. The molecule has 0 spiro atoms. The average molecular weight is 410 g/mol. The second kappa shape index (κ2) is 8.24. The number of nitrogens with zero attached hydrogens (tertiary/aromatic N) is 4. The van der Waals surface area contributed by atoms with Crippen LogP contribution in [0.25, 0.3) is 5.95 Å². The third-order valence-electron chi connectivity index (χ3n) is 4.52. The lowest BCUT2D eigenvalue weighted by molar-refractivity contribution is -0.113. The summed E-state index contributed by atoms with van der Waals surface area (Å²) in [6.07, 6.45) is 3.32. The Morgan fingerprint density at radius 2 is 2.00 bits per heavy atom. The van der Waals surface area contributed by atoms with E-state index in [1.165, 1.54) is 0 Å². The maximum atomic E-state index is 12.5. The fraction of sp³-hybridized carbons (Fsp3) is 0.333. The number of benzene rings is 1. The van der Waals surface area contributed by atoms with Crippen molar-refractivity contribution in [1.82, 2.24) is 19.7 Å². The number of carbonyl (C=O) groups excluding carboxylic acids is 1. The van der Waals surface area contributed by atoms with Crippen LogP contribution < -0.4 is 10.1 Å². The number of amides is 1. The van der Waals surface area contributed by atoms with Crippen molar-refractivity contribution in [3.8, 4) is 11.7 Å². The van der Waals surface area contributed by atoms with Crippen molar-refractivity contribution in [2.24, 2.45) is 5.92 Å². The zero-order valence-electron chi connectivity index (χ0n) is 16.6. The van der Waals surface area contributed by atoms with E-state index >= 15 is 0 Å². The Balaban J connectivity index is 1.83. The Labute approximate surface area is 173 Å². The van der Waals surface area contributed by atoms with Crippen LogP contribution in [-0.4, -0.2) is 38.0 Å². The van der Waals surface area contributed by atoms with Crippen LogP contribution in [0, 0.1) is 12.8 Å². The maximum absolute atomic E-state index is 12.5. The van der Waals surface area contributed by atoms with Gasteiger partial charge in [-0.2, -0.15) is 9.78 Å². The number of fused-ring (bicyclic) bond motifs is 1. The van der Waals surface area contributed by atoms with E-state index in [1.807, 2.05) is 25.1 Å². The summed E-state index contributed by atoms with van der Waals surface area (Å²) >= 11 is 1.57. The van der Waals surface area contributed by atoms with Gasteiger partial charge in [0, 0.05) is 23.5 Å². The first-order valence-electron chi connectivity index (χ1n) is 9.54. The van der Waals surface area contributed by atoms with E-state index < -0.39 is 0 Å². The van der Waals surface area contributed by atoms with Crippen LogP contribution >= 0.6 is 11.8 Å². The molecule has 29 heavy (non-hydrogen) atoms. The van der Waals surface area contributed by atoms with Gasteiger partial charge in [0.1, 0.15) is 11.6 Å². The summed E-state index contributed by atoms with van der Waals surface area (Å²) < 4.78 is 7.71. The molecule has 1 aromatic carbocycles. The van der Waals surface area contributed by atoms with Crippen LogP contribution in [0.2, 0.25) is 0 Å². The van der Waals surface area contributed by atoms with Crippen molar-refractivity contribution in [2.45, 2.75) is 26.0 Å². The smallest absolute Gasteiger partial charge is 0.252 e. The molecule has 1 atom stereocenters. The van der Waals surface area contributed by atoms with Gasteiger partial charge in [0.05, 0.1) is 23.3 Å². The van der Waals surface area contributed by atoms with Gasteiger partial charge in [0.2, 0.25) is 5.91 Å². The van der Waals surface area contributed by atoms with Crippen molar-refractivity contribution >= 4 is 23.5 Å². The number of nitrogens with one attached hydrogen (secondary N) is 1. The Hall–Kier alpha value is -2.87. The Bertz CT molecular complexity index is 1020. The number of aryl methyl sites for hydroxylation is 1. The molecule has 1 aliphatic rings. The molecule has 0 fully saturated rings. The topological polar surface area (TPSA) is 81.9 Å². The van der Waals surface area contributed by atoms with Gasteiger partial charge in [-0.25, -0.2) is 9.97 Å². The van der Waals surface area contributed by atoms with Crippen molar-refractivity contribution in [1.29, 1.82) is 0 Å². The molecule has 8 heteroatoms. The van der Waals surface area contributed by atoms with Crippen LogP contribution in [0.1, 0.15) is 35.9 Å². The quantitative estimate of drug-likeness (QED) is 0.691. The highest BCUT2D eigenvalue weighted by molar-refractivity contribution is 8.00. The molecule has 2 aromatic heterocycles. The summed E-state index contributed by atoms with van der Waals surface area (Å²) in [5.74, 6) is 2.56. The molecule has 3 heterocycles. The van der Waals surface area contributed by atoms with Crippen LogP contribution in [0.4, 0.5) is 5.82 Å². The summed E-state index contributed by atoms with van der Waals surface area (Å²) in [7, 11) is 0. The minimum Gasteiger partial charge on any atom is -0.493 e. The molecule has 0 aliphatic carbocycles. The highest BCUT2D eigenvalue weighted by Gasteiger charge is 2.32. The lowest BCUT2D eigenvalue weighted by atomic mass is 10.0. The predicted octanol–water partition coefficient (Wildman–Crippen LogP) is 3.78. The van der Waals surface area contributed by atoms with Gasteiger partial charge < -0.3 is 10.1 Å². The summed E-state index contributed by atoms with van der Waals surface area (Å²) in [6.45, 7) is 6.82. The van der Waals surface area contributed by atoms with Crippen LogP contribution in [0.5, 0.6) is 5.75 Å². The standard InChI is InChI=1S/C21H23N5O2S/c1-13(2)11-28-16-8-5-4-7-15(16)19-18-14(3)25-26(21-22-9-6-10-23-21)20(18)24-17(27)12-29-19/h4-10,13,19H,11-12H2,1-3H3,(H,24,27)/t19-/m0/s1. The summed E-state index contributed by atoms with van der Waals surface area (Å²) in [4.78, 5) is 21.1. The minimum atomic E-state index is -0.0928. The summed E-state index contributed by atoms with van der Waals surface area (Å²) in [5, 5.41) is 7.55. The fourth-order valence-corrected chi connectivity index (χ4v) is 4.47. The number of para-hydroxylation sites is 1. The fourth-order valence-electron chi connectivity index (χ4n) is 3.26. The monoisotopic (exact) mass is 409 g/mol. The zero-order valence-corrected chi connectivity index (χ0v) is 17.4. The lowest BCUT2D eigenvalue weighted by Gasteiger charge is -2.20. The van der Waals surface area contributed by atoms with Crippen molar-refractivity contribution in [3.63, 3.8) is 0 Å². The molecule has 3 aromatic rings. The van der Waals surface area contributed by atoms with E-state index in [0.29, 0.717) is 30.0 Å². The summed E-state index contributed by atoms with van der Waals surface area (Å²) in [5.41, 5.74) is 2.81. The Kier molecular flexibility index (Phi) is 5.53. The van der Waals surface area contributed by atoms with Gasteiger partial charge >= 0.3 is 0 Å². The van der Waals surface area contributed by atoms with E-state index in [2.05, 4.69) is 40.3 Å². The molecular weight excluding hydrogens is 386 g/mol. The highest BCUT2D eigenvalue weighted by atomic mass is 32.2. The first kappa shape index (κ1) is 19.4. The highest BCUT2D eigenvalue weighted by Crippen LogP contribution is 2.46. The minimum absolute atomic E-state index is 0.0728. The van der Waals surface area contributed by atoms with Gasteiger partial charge in [-0.1, -0.05) is 32.0 Å². The molecule has 1 amide bonds. The first-order valence-corrected chi connectivity index (χ1v) is 10.6. The molecule has 0 saturated heterocycles. The molecule has 0 saturated carbocycles. The van der Waals surface area contributed by atoms with Gasteiger partial charge in [0.15, 0.2) is 0 Å². The number of ether oxygens (including phenoxy) is 1. The number of thioether (sulfide) groups is 1. The predicted molar refractivity (Wildman–Crippen MR) is 114 cm³/mol. The maximum Gasteiger partial charge on any atom is 0.252 e. The molecule has 150 valence electrons. The van der Waals surface area contributed by atoms with Gasteiger partial charge in [-0.05, 0) is 25.0 Å². The molecule has 0 unspecified atom stereocenters. The molecule has 0 radical (unpaired) electrons. The van der Waals surface area contributed by atoms with Gasteiger partial charge in [0.25, 0.3) is 5.95 Å². The second-order valence-corrected chi connectivity index (χ2v) is 8.38. The number of hydrogen-bond donors (Lipinski definition) is 1. The SMILES string of the molecule is Cc1nn(-c2ncccn2)c2c1[C@H](c1ccccc1OCC(C)C)SCC(=O)N2. The second-order valence-electron chi connectivity index (χ2n) is 7.29. The molecule has 1 aliphatic heterocycles. The van der Waals surface area contributed by atoms with Gasteiger partial charge in [-0.15, -0.1) is 11.8 Å². The number of rotatable bonds is 5.